The lowest BCUT2D eigenvalue weighted by atomic mass is 9.78. The van der Waals surface area contributed by atoms with E-state index in [1.165, 1.54) is 0 Å². The van der Waals surface area contributed by atoms with Crippen molar-refractivity contribution >= 4 is 5.91 Å². The molecule has 3 rings (SSSR count). The number of hydrogen-bond donors (Lipinski definition) is 2. The number of rotatable bonds is 3. The molecule has 0 bridgehead atoms. The number of nitrogens with zero attached hydrogens (tertiary/aromatic N) is 2. The molecule has 1 atom stereocenters. The van der Waals surface area contributed by atoms with Crippen molar-refractivity contribution in [1.29, 1.82) is 0 Å². The van der Waals surface area contributed by atoms with E-state index in [4.69, 9.17) is 10.5 Å². The number of piperidine rings is 1. The van der Waals surface area contributed by atoms with Gasteiger partial charge in [0.05, 0.1) is 5.41 Å². The van der Waals surface area contributed by atoms with Gasteiger partial charge >= 0.3 is 0 Å². The minimum atomic E-state index is -0.409. The predicted octanol–water partition coefficient (Wildman–Crippen LogP) is 0.871. The second-order valence-corrected chi connectivity index (χ2v) is 6.20. The second kappa shape index (κ2) is 6.15. The number of aromatic nitrogens is 2. The molecule has 1 unspecified atom stereocenters. The van der Waals surface area contributed by atoms with Gasteiger partial charge in [0.2, 0.25) is 5.91 Å². The third-order valence-corrected chi connectivity index (χ3v) is 4.97. The summed E-state index contributed by atoms with van der Waals surface area (Å²) in [5.74, 6) is 0.581. The van der Waals surface area contributed by atoms with Crippen molar-refractivity contribution in [3.05, 3.63) is 18.0 Å². The van der Waals surface area contributed by atoms with E-state index in [9.17, 15) is 4.79 Å². The minimum Gasteiger partial charge on any atom is -0.381 e. The highest BCUT2D eigenvalue weighted by Crippen LogP contribution is 2.34. The average molecular weight is 292 g/mol. The third kappa shape index (κ3) is 2.82. The fourth-order valence-corrected chi connectivity index (χ4v) is 3.51. The van der Waals surface area contributed by atoms with Crippen LogP contribution in [0.25, 0.3) is 0 Å². The van der Waals surface area contributed by atoms with Crippen molar-refractivity contribution in [1.82, 2.24) is 15.1 Å². The second-order valence-electron chi connectivity index (χ2n) is 6.20. The molecule has 21 heavy (non-hydrogen) atoms. The molecule has 3 heterocycles. The lowest BCUT2D eigenvalue weighted by Crippen LogP contribution is -2.53. The highest BCUT2D eigenvalue weighted by Gasteiger charge is 2.42. The van der Waals surface area contributed by atoms with E-state index in [0.717, 1.165) is 44.5 Å². The van der Waals surface area contributed by atoms with Gasteiger partial charge in [-0.1, -0.05) is 0 Å². The van der Waals surface area contributed by atoms with E-state index >= 15 is 0 Å². The standard InChI is InChI=1S/C15H24N4O2/c16-11-15(4-8-21-9-5-15)14(20)19-7-1-2-12(10-19)13-3-6-17-18-13/h3,6,12H,1-2,4-5,7-11,16H2,(H,17,18). The van der Waals surface area contributed by atoms with Crippen LogP contribution >= 0.6 is 0 Å². The van der Waals surface area contributed by atoms with Crippen LogP contribution < -0.4 is 5.73 Å². The van der Waals surface area contributed by atoms with Crippen LogP contribution in [-0.2, 0) is 9.53 Å². The smallest absolute Gasteiger partial charge is 0.230 e. The summed E-state index contributed by atoms with van der Waals surface area (Å²) < 4.78 is 5.40. The molecule has 2 aliphatic rings. The maximum atomic E-state index is 13.0. The van der Waals surface area contributed by atoms with Crippen LogP contribution in [0.1, 0.15) is 37.3 Å². The van der Waals surface area contributed by atoms with Crippen LogP contribution in [0, 0.1) is 5.41 Å². The fourth-order valence-electron chi connectivity index (χ4n) is 3.51. The van der Waals surface area contributed by atoms with E-state index in [2.05, 4.69) is 10.2 Å². The molecule has 2 saturated heterocycles. The first-order chi connectivity index (χ1) is 10.2. The number of ether oxygens (including phenoxy) is 1. The van der Waals surface area contributed by atoms with Gasteiger partial charge in [0.15, 0.2) is 0 Å². The Bertz CT molecular complexity index is 468. The molecule has 0 radical (unpaired) electrons. The van der Waals surface area contributed by atoms with Crippen LogP contribution in [-0.4, -0.2) is 53.9 Å². The predicted molar refractivity (Wildman–Crippen MR) is 78.7 cm³/mol. The van der Waals surface area contributed by atoms with Crippen LogP contribution in [0.15, 0.2) is 12.3 Å². The summed E-state index contributed by atoms with van der Waals surface area (Å²) >= 11 is 0. The van der Waals surface area contributed by atoms with E-state index in [0.29, 0.717) is 25.7 Å². The molecule has 0 spiro atoms. The molecule has 0 saturated carbocycles. The van der Waals surface area contributed by atoms with E-state index < -0.39 is 5.41 Å². The van der Waals surface area contributed by atoms with E-state index in [1.54, 1.807) is 6.20 Å². The fraction of sp³-hybridized carbons (Fsp3) is 0.733. The van der Waals surface area contributed by atoms with Gasteiger partial charge in [0.25, 0.3) is 0 Å². The third-order valence-electron chi connectivity index (χ3n) is 4.97. The molecule has 6 heteroatoms. The van der Waals surface area contributed by atoms with Crippen molar-refractivity contribution in [2.24, 2.45) is 11.1 Å². The van der Waals surface area contributed by atoms with Gasteiger partial charge in [0.1, 0.15) is 0 Å². The molecule has 2 fully saturated rings. The Kier molecular flexibility index (Phi) is 4.26. The van der Waals surface area contributed by atoms with Gasteiger partial charge in [0, 0.05) is 50.7 Å². The Hall–Kier alpha value is -1.40. The molecule has 2 aliphatic heterocycles. The van der Waals surface area contributed by atoms with Crippen LogP contribution in [0.3, 0.4) is 0 Å². The number of carbonyl (C=O) groups excluding carboxylic acids is 1. The monoisotopic (exact) mass is 292 g/mol. The first-order valence-corrected chi connectivity index (χ1v) is 7.82. The van der Waals surface area contributed by atoms with Gasteiger partial charge in [-0.15, -0.1) is 0 Å². The Morgan fingerprint density at radius 1 is 1.52 bits per heavy atom. The van der Waals surface area contributed by atoms with Crippen molar-refractivity contribution < 1.29 is 9.53 Å². The minimum absolute atomic E-state index is 0.220. The number of aromatic amines is 1. The number of carbonyl (C=O) groups is 1. The summed E-state index contributed by atoms with van der Waals surface area (Å²) in [6.45, 7) is 3.30. The van der Waals surface area contributed by atoms with E-state index in [-0.39, 0.29) is 5.91 Å². The van der Waals surface area contributed by atoms with Gasteiger partial charge in [-0.05, 0) is 31.7 Å². The van der Waals surface area contributed by atoms with Crippen LogP contribution in [0.4, 0.5) is 0 Å². The number of nitrogens with two attached hydrogens (primary N) is 1. The Morgan fingerprint density at radius 3 is 3.00 bits per heavy atom. The zero-order chi connectivity index (χ0) is 14.7. The molecule has 0 aromatic carbocycles. The Labute approximate surface area is 125 Å². The first-order valence-electron chi connectivity index (χ1n) is 7.82. The highest BCUT2D eigenvalue weighted by molar-refractivity contribution is 5.83. The lowest BCUT2D eigenvalue weighted by molar-refractivity contribution is -0.148. The summed E-state index contributed by atoms with van der Waals surface area (Å²) in [5, 5.41) is 7.06. The summed E-state index contributed by atoms with van der Waals surface area (Å²) in [6, 6.07) is 2.01. The quantitative estimate of drug-likeness (QED) is 0.866. The zero-order valence-electron chi connectivity index (χ0n) is 12.4. The molecular weight excluding hydrogens is 268 g/mol. The number of amides is 1. The number of likely N-dealkylation sites (tertiary alicyclic amines) is 1. The normalized spacial score (nSPS) is 25.8. The summed E-state index contributed by atoms with van der Waals surface area (Å²) in [5.41, 5.74) is 6.67. The van der Waals surface area contributed by atoms with Crippen molar-refractivity contribution in [3.63, 3.8) is 0 Å². The van der Waals surface area contributed by atoms with Gasteiger partial charge < -0.3 is 15.4 Å². The van der Waals surface area contributed by atoms with E-state index in [1.807, 2.05) is 11.0 Å². The molecule has 116 valence electrons. The maximum absolute atomic E-state index is 13.0. The molecular formula is C15H24N4O2. The first kappa shape index (κ1) is 14.5. The van der Waals surface area contributed by atoms with Crippen LogP contribution in [0.2, 0.25) is 0 Å². The number of nitrogens with one attached hydrogen (secondary N) is 1. The molecule has 0 aliphatic carbocycles. The van der Waals surface area contributed by atoms with Gasteiger partial charge in [-0.2, -0.15) is 5.10 Å². The van der Waals surface area contributed by atoms with Crippen LogP contribution in [0.5, 0.6) is 0 Å². The molecule has 1 aromatic heterocycles. The summed E-state index contributed by atoms with van der Waals surface area (Å²) in [7, 11) is 0. The molecule has 6 nitrogen and oxygen atoms in total. The van der Waals surface area contributed by atoms with Gasteiger partial charge in [-0.3, -0.25) is 9.89 Å². The maximum Gasteiger partial charge on any atom is 0.230 e. The van der Waals surface area contributed by atoms with Crippen molar-refractivity contribution in [2.75, 3.05) is 32.8 Å². The molecule has 1 amide bonds. The summed E-state index contributed by atoms with van der Waals surface area (Å²) in [4.78, 5) is 15.0. The number of hydrogen-bond acceptors (Lipinski definition) is 4. The highest BCUT2D eigenvalue weighted by atomic mass is 16.5. The topological polar surface area (TPSA) is 84.2 Å². The summed E-state index contributed by atoms with van der Waals surface area (Å²) in [6.07, 6.45) is 5.40. The average Bonchev–Trinajstić information content (AvgIpc) is 3.09. The zero-order valence-corrected chi connectivity index (χ0v) is 12.4. The Morgan fingerprint density at radius 2 is 2.33 bits per heavy atom. The number of H-pyrrole nitrogens is 1. The SMILES string of the molecule is NCC1(C(=O)N2CCCC(c3ccn[nH]3)C2)CCOCC1. The van der Waals surface area contributed by atoms with Crippen molar-refractivity contribution in [2.45, 2.75) is 31.6 Å². The largest absolute Gasteiger partial charge is 0.381 e. The Balaban J connectivity index is 1.71. The molecule has 1 aromatic rings. The lowest BCUT2D eigenvalue weighted by Gasteiger charge is -2.41. The molecule has 3 N–H and O–H groups in total. The van der Waals surface area contributed by atoms with Gasteiger partial charge in [-0.25, -0.2) is 0 Å². The van der Waals surface area contributed by atoms with Crippen molar-refractivity contribution in [3.8, 4) is 0 Å².